The molecule has 0 saturated heterocycles. The maximum atomic E-state index is 9.99. The van der Waals surface area contributed by atoms with Crippen LogP contribution in [0.5, 0.6) is 0 Å². The van der Waals surface area contributed by atoms with E-state index in [4.69, 9.17) is 0 Å². The van der Waals surface area contributed by atoms with Crippen LogP contribution in [0.15, 0.2) is 60.7 Å². The van der Waals surface area contributed by atoms with Crippen LogP contribution in [0, 0.1) is 10.8 Å². The third-order valence-electron chi connectivity index (χ3n) is 6.13. The first-order valence-electron chi connectivity index (χ1n) is 12.6. The highest BCUT2D eigenvalue weighted by Crippen LogP contribution is 2.26. The van der Waals surface area contributed by atoms with Gasteiger partial charge in [-0.3, -0.25) is 0 Å². The Hall–Kier alpha value is -1.72. The van der Waals surface area contributed by atoms with Gasteiger partial charge in [-0.05, 0) is 60.5 Å². The molecule has 0 aliphatic heterocycles. The van der Waals surface area contributed by atoms with Crippen molar-refractivity contribution in [1.29, 1.82) is 0 Å². The number of aliphatic hydroxyl groups is 4. The van der Waals surface area contributed by atoms with Crippen molar-refractivity contribution in [3.8, 4) is 0 Å². The molecule has 2 aromatic carbocycles. The van der Waals surface area contributed by atoms with E-state index in [0.29, 0.717) is 19.3 Å². The van der Waals surface area contributed by atoms with Crippen LogP contribution >= 0.6 is 0 Å². The zero-order valence-corrected chi connectivity index (χ0v) is 22.1. The van der Waals surface area contributed by atoms with Gasteiger partial charge in [0.15, 0.2) is 0 Å². The van der Waals surface area contributed by atoms with Crippen LogP contribution < -0.4 is 0 Å². The number of hydrogen-bond donors (Lipinski definition) is 4. The van der Waals surface area contributed by atoms with Gasteiger partial charge in [0, 0.05) is 0 Å². The predicted molar refractivity (Wildman–Crippen MR) is 142 cm³/mol. The van der Waals surface area contributed by atoms with Gasteiger partial charge in [0.05, 0.1) is 24.4 Å². The van der Waals surface area contributed by atoms with Gasteiger partial charge in [-0.15, -0.1) is 0 Å². The number of hydrogen-bond acceptors (Lipinski definition) is 4. The maximum absolute atomic E-state index is 9.99. The SMILES string of the molecule is CC(C)(C)C(O)CCCC(O)C(C)(C)C.OC(Cc1ccccc1)CC(O)Cc1ccccc1. The molecule has 0 fully saturated rings. The minimum absolute atomic E-state index is 0.0489. The van der Waals surface area contributed by atoms with Gasteiger partial charge in [-0.2, -0.15) is 0 Å². The number of rotatable bonds is 10. The average Bonchev–Trinajstić information content (AvgIpc) is 2.74. The Morgan fingerprint density at radius 1 is 0.559 bits per heavy atom. The topological polar surface area (TPSA) is 80.9 Å². The van der Waals surface area contributed by atoms with Crippen molar-refractivity contribution in [3.05, 3.63) is 71.8 Å². The first-order chi connectivity index (χ1) is 15.8. The molecule has 192 valence electrons. The Kier molecular flexibility index (Phi) is 13.0. The summed E-state index contributed by atoms with van der Waals surface area (Å²) in [5, 5.41) is 39.6. The van der Waals surface area contributed by atoms with Gasteiger partial charge in [0.25, 0.3) is 0 Å². The molecule has 4 nitrogen and oxygen atoms in total. The van der Waals surface area contributed by atoms with E-state index in [1.54, 1.807) is 0 Å². The summed E-state index contributed by atoms with van der Waals surface area (Å²) in [4.78, 5) is 0. The summed E-state index contributed by atoms with van der Waals surface area (Å²) >= 11 is 0. The van der Waals surface area contributed by atoms with E-state index in [1.807, 2.05) is 102 Å². The van der Waals surface area contributed by atoms with Gasteiger partial charge in [0.2, 0.25) is 0 Å². The van der Waals surface area contributed by atoms with Gasteiger partial charge in [-0.1, -0.05) is 102 Å². The fourth-order valence-corrected chi connectivity index (χ4v) is 3.62. The lowest BCUT2D eigenvalue weighted by Crippen LogP contribution is -2.28. The van der Waals surface area contributed by atoms with Crippen molar-refractivity contribution in [2.75, 3.05) is 0 Å². The molecule has 0 aliphatic rings. The van der Waals surface area contributed by atoms with Crippen LogP contribution in [0.4, 0.5) is 0 Å². The van der Waals surface area contributed by atoms with E-state index in [0.717, 1.165) is 30.4 Å². The van der Waals surface area contributed by atoms with E-state index in [9.17, 15) is 20.4 Å². The fraction of sp³-hybridized carbons (Fsp3) is 0.600. The Balaban J connectivity index is 0.000000352. The highest BCUT2D eigenvalue weighted by atomic mass is 16.3. The van der Waals surface area contributed by atoms with E-state index >= 15 is 0 Å². The molecule has 0 amide bonds. The molecule has 0 heterocycles. The average molecular weight is 473 g/mol. The molecule has 4 atom stereocenters. The molecule has 0 aromatic heterocycles. The van der Waals surface area contributed by atoms with Gasteiger partial charge < -0.3 is 20.4 Å². The zero-order chi connectivity index (χ0) is 25.8. The summed E-state index contributed by atoms with van der Waals surface area (Å²) in [5.41, 5.74) is 2.10. The summed E-state index contributed by atoms with van der Waals surface area (Å²) in [5.74, 6) is 0. The quantitative estimate of drug-likeness (QED) is 0.365. The smallest absolute Gasteiger partial charge is 0.0605 e. The molecule has 2 aromatic rings. The maximum Gasteiger partial charge on any atom is 0.0605 e. The first-order valence-corrected chi connectivity index (χ1v) is 12.6. The monoisotopic (exact) mass is 472 g/mol. The lowest BCUT2D eigenvalue weighted by Gasteiger charge is -2.28. The third-order valence-corrected chi connectivity index (χ3v) is 6.13. The van der Waals surface area contributed by atoms with E-state index in [-0.39, 0.29) is 23.0 Å². The normalized spacial score (nSPS) is 15.6. The minimum atomic E-state index is -0.499. The highest BCUT2D eigenvalue weighted by Gasteiger charge is 2.24. The Bertz CT molecular complexity index is 696. The molecule has 0 bridgehead atoms. The van der Waals surface area contributed by atoms with Crippen molar-refractivity contribution in [2.24, 2.45) is 10.8 Å². The fourth-order valence-electron chi connectivity index (χ4n) is 3.62. The molecule has 0 saturated carbocycles. The second kappa shape index (κ2) is 14.6. The molecule has 4 heteroatoms. The summed E-state index contributed by atoms with van der Waals surface area (Å²) in [6.07, 6.45) is 2.48. The van der Waals surface area contributed by atoms with Crippen LogP contribution in [0.1, 0.15) is 78.4 Å². The standard InChI is InChI=1S/C17H20O2.C13H28O2/c18-16(11-14-7-3-1-4-8-14)13-17(19)12-15-9-5-2-6-10-15;1-12(2,3)10(14)8-7-9-11(15)13(4,5)6/h1-10,16-19H,11-13H2;10-11,14-15H,7-9H2,1-6H3. The molecule has 4 N–H and O–H groups in total. The zero-order valence-electron chi connectivity index (χ0n) is 22.1. The predicted octanol–water partition coefficient (Wildman–Crippen LogP) is 5.55. The van der Waals surface area contributed by atoms with Crippen molar-refractivity contribution in [2.45, 2.75) is 104 Å². The summed E-state index contributed by atoms with van der Waals surface area (Å²) in [7, 11) is 0. The molecular weight excluding hydrogens is 424 g/mol. The summed E-state index contributed by atoms with van der Waals surface area (Å²) in [6.45, 7) is 12.2. The van der Waals surface area contributed by atoms with E-state index < -0.39 is 12.2 Å². The number of benzene rings is 2. The van der Waals surface area contributed by atoms with Crippen LogP contribution in [0.2, 0.25) is 0 Å². The Labute approximate surface area is 207 Å². The Morgan fingerprint density at radius 2 is 0.882 bits per heavy atom. The first kappa shape index (κ1) is 30.3. The van der Waals surface area contributed by atoms with Gasteiger partial charge in [-0.25, -0.2) is 0 Å². The molecule has 2 rings (SSSR count). The molecule has 0 radical (unpaired) electrons. The van der Waals surface area contributed by atoms with Crippen LogP contribution in [0.3, 0.4) is 0 Å². The van der Waals surface area contributed by atoms with Crippen molar-refractivity contribution in [3.63, 3.8) is 0 Å². The largest absolute Gasteiger partial charge is 0.393 e. The number of aliphatic hydroxyl groups excluding tert-OH is 4. The molecule has 0 aliphatic carbocycles. The van der Waals surface area contributed by atoms with Gasteiger partial charge >= 0.3 is 0 Å². The second-order valence-electron chi connectivity index (χ2n) is 11.6. The molecule has 34 heavy (non-hydrogen) atoms. The van der Waals surface area contributed by atoms with Crippen LogP contribution in [-0.2, 0) is 12.8 Å². The van der Waals surface area contributed by atoms with E-state index in [2.05, 4.69) is 0 Å². The lowest BCUT2D eigenvalue weighted by molar-refractivity contribution is 0.0310. The molecule has 0 spiro atoms. The Morgan fingerprint density at radius 3 is 1.18 bits per heavy atom. The minimum Gasteiger partial charge on any atom is -0.393 e. The van der Waals surface area contributed by atoms with Crippen LogP contribution in [-0.4, -0.2) is 44.8 Å². The van der Waals surface area contributed by atoms with Crippen LogP contribution in [0.25, 0.3) is 0 Å². The van der Waals surface area contributed by atoms with E-state index in [1.165, 1.54) is 0 Å². The summed E-state index contributed by atoms with van der Waals surface area (Å²) < 4.78 is 0. The summed E-state index contributed by atoms with van der Waals surface area (Å²) in [6, 6.07) is 19.7. The van der Waals surface area contributed by atoms with Crippen molar-refractivity contribution in [1.82, 2.24) is 0 Å². The van der Waals surface area contributed by atoms with Gasteiger partial charge in [0.1, 0.15) is 0 Å². The highest BCUT2D eigenvalue weighted by molar-refractivity contribution is 5.17. The second-order valence-corrected chi connectivity index (χ2v) is 11.6. The molecule has 4 unspecified atom stereocenters. The molecular formula is C30H48O4. The lowest BCUT2D eigenvalue weighted by atomic mass is 9.83. The van der Waals surface area contributed by atoms with Crippen molar-refractivity contribution >= 4 is 0 Å². The third kappa shape index (κ3) is 13.2. The van der Waals surface area contributed by atoms with Crippen molar-refractivity contribution < 1.29 is 20.4 Å².